The van der Waals surface area contributed by atoms with Gasteiger partial charge in [-0.3, -0.25) is 18.7 Å². The van der Waals surface area contributed by atoms with Crippen molar-refractivity contribution in [1.29, 1.82) is 0 Å². The maximum absolute atomic E-state index is 13.1. The molecule has 6 nitrogen and oxygen atoms in total. The zero-order valence-electron chi connectivity index (χ0n) is 16.7. The van der Waals surface area contributed by atoms with Gasteiger partial charge in [0, 0.05) is 6.54 Å². The van der Waals surface area contributed by atoms with E-state index in [1.165, 1.54) is 9.13 Å². The van der Waals surface area contributed by atoms with Crippen molar-refractivity contribution in [2.45, 2.75) is 40.3 Å². The molecule has 0 aliphatic carbocycles. The lowest BCUT2D eigenvalue weighted by atomic mass is 10.1. The summed E-state index contributed by atoms with van der Waals surface area (Å²) in [7, 11) is 0. The molecule has 0 bridgehead atoms. The van der Waals surface area contributed by atoms with Gasteiger partial charge in [0.1, 0.15) is 6.54 Å². The van der Waals surface area contributed by atoms with E-state index in [2.05, 4.69) is 5.32 Å². The summed E-state index contributed by atoms with van der Waals surface area (Å²) in [5.74, 6) is -0.0461. The molecule has 3 aromatic rings. The van der Waals surface area contributed by atoms with Crippen LogP contribution in [0.3, 0.4) is 0 Å². The van der Waals surface area contributed by atoms with Gasteiger partial charge in [-0.1, -0.05) is 49.7 Å². The van der Waals surface area contributed by atoms with Crippen LogP contribution in [0, 0.1) is 12.8 Å². The average Bonchev–Trinajstić information content (AvgIpc) is 2.68. The molecule has 1 N–H and O–H groups in total. The molecule has 152 valence electrons. The number of nitrogens with zero attached hydrogens (tertiary/aromatic N) is 2. The van der Waals surface area contributed by atoms with Crippen molar-refractivity contribution in [1.82, 2.24) is 9.13 Å². The Bertz CT molecular complexity index is 1160. The third kappa shape index (κ3) is 4.43. The third-order valence-electron chi connectivity index (χ3n) is 4.85. The van der Waals surface area contributed by atoms with Crippen molar-refractivity contribution in [3.8, 4) is 0 Å². The van der Waals surface area contributed by atoms with E-state index >= 15 is 0 Å². The number of carbonyl (C=O) groups excluding carboxylic acids is 1. The lowest BCUT2D eigenvalue weighted by Crippen LogP contribution is -2.42. The quantitative estimate of drug-likeness (QED) is 0.667. The van der Waals surface area contributed by atoms with Crippen molar-refractivity contribution in [3.63, 3.8) is 0 Å². The zero-order valence-corrected chi connectivity index (χ0v) is 17.5. The van der Waals surface area contributed by atoms with E-state index in [1.54, 1.807) is 36.4 Å². The lowest BCUT2D eigenvalue weighted by molar-refractivity contribution is -0.116. The largest absolute Gasteiger partial charge is 0.331 e. The van der Waals surface area contributed by atoms with Crippen LogP contribution in [0.1, 0.15) is 25.8 Å². The molecule has 2 aromatic carbocycles. The predicted octanol–water partition coefficient (Wildman–Crippen LogP) is 3.81. The first-order valence-corrected chi connectivity index (χ1v) is 9.94. The molecule has 0 unspecified atom stereocenters. The number of hydrogen-bond acceptors (Lipinski definition) is 3. The molecule has 0 atom stereocenters. The number of anilines is 1. The molecule has 1 heterocycles. The monoisotopic (exact) mass is 413 g/mol. The number of para-hydroxylation sites is 2. The highest BCUT2D eigenvalue weighted by atomic mass is 35.5. The molecule has 0 radical (unpaired) electrons. The Morgan fingerprint density at radius 2 is 1.79 bits per heavy atom. The van der Waals surface area contributed by atoms with Gasteiger partial charge in [0.25, 0.3) is 5.56 Å². The first-order chi connectivity index (χ1) is 13.8. The first kappa shape index (κ1) is 20.9. The number of nitrogens with one attached hydrogen (secondary N) is 1. The summed E-state index contributed by atoms with van der Waals surface area (Å²) in [5.41, 5.74) is 0.967. The van der Waals surface area contributed by atoms with Gasteiger partial charge < -0.3 is 5.32 Å². The highest BCUT2D eigenvalue weighted by molar-refractivity contribution is 6.33. The molecule has 0 spiro atoms. The van der Waals surface area contributed by atoms with E-state index in [0.29, 0.717) is 40.5 Å². The van der Waals surface area contributed by atoms with Crippen LogP contribution in [0.25, 0.3) is 10.9 Å². The van der Waals surface area contributed by atoms with E-state index in [1.807, 2.05) is 26.8 Å². The molecule has 7 heteroatoms. The summed E-state index contributed by atoms with van der Waals surface area (Å²) in [5, 5.41) is 3.63. The Hall–Kier alpha value is -2.86. The van der Waals surface area contributed by atoms with E-state index in [-0.39, 0.29) is 18.0 Å². The molecule has 0 fully saturated rings. The fourth-order valence-corrected chi connectivity index (χ4v) is 3.49. The Kier molecular flexibility index (Phi) is 6.23. The molecule has 29 heavy (non-hydrogen) atoms. The molecular weight excluding hydrogens is 390 g/mol. The molecule has 0 saturated heterocycles. The number of hydrogen-bond donors (Lipinski definition) is 1. The smallest absolute Gasteiger partial charge is 0.323 e. The Labute approximate surface area is 173 Å². The zero-order chi connectivity index (χ0) is 21.1. The number of fused-ring (bicyclic) bond motifs is 1. The average molecular weight is 414 g/mol. The fraction of sp³-hybridized carbons (Fsp3) is 0.318. The topological polar surface area (TPSA) is 73.1 Å². The number of carbonyl (C=O) groups is 1. The summed E-state index contributed by atoms with van der Waals surface area (Å²) in [6.45, 7) is 6.00. The predicted molar refractivity (Wildman–Crippen MR) is 117 cm³/mol. The molecular formula is C22H24ClN3O3. The molecule has 0 saturated carbocycles. The maximum Gasteiger partial charge on any atom is 0.331 e. The third-order valence-corrected chi connectivity index (χ3v) is 5.17. The number of rotatable bonds is 6. The summed E-state index contributed by atoms with van der Waals surface area (Å²) < 4.78 is 2.56. The van der Waals surface area contributed by atoms with Crippen molar-refractivity contribution in [2.75, 3.05) is 5.32 Å². The molecule has 1 aromatic heterocycles. The van der Waals surface area contributed by atoms with Crippen LogP contribution in [-0.4, -0.2) is 15.0 Å². The van der Waals surface area contributed by atoms with Crippen LogP contribution < -0.4 is 16.6 Å². The second kappa shape index (κ2) is 8.66. The minimum atomic E-state index is -0.486. The highest BCUT2D eigenvalue weighted by Crippen LogP contribution is 2.25. The summed E-state index contributed by atoms with van der Waals surface area (Å²) >= 11 is 6.19. The lowest BCUT2D eigenvalue weighted by Gasteiger charge is -2.15. The van der Waals surface area contributed by atoms with Crippen molar-refractivity contribution in [3.05, 3.63) is 73.9 Å². The summed E-state index contributed by atoms with van der Waals surface area (Å²) in [4.78, 5) is 38.6. The van der Waals surface area contributed by atoms with Gasteiger partial charge in [-0.2, -0.15) is 0 Å². The highest BCUT2D eigenvalue weighted by Gasteiger charge is 2.16. The Morgan fingerprint density at radius 3 is 2.48 bits per heavy atom. The van der Waals surface area contributed by atoms with Crippen LogP contribution in [0.15, 0.2) is 52.1 Å². The van der Waals surface area contributed by atoms with E-state index in [9.17, 15) is 14.4 Å². The fourth-order valence-electron chi connectivity index (χ4n) is 3.22. The van der Waals surface area contributed by atoms with Crippen molar-refractivity contribution >= 4 is 34.1 Å². The Morgan fingerprint density at radius 1 is 1.07 bits per heavy atom. The minimum absolute atomic E-state index is 0.216. The van der Waals surface area contributed by atoms with E-state index < -0.39 is 5.69 Å². The van der Waals surface area contributed by atoms with Gasteiger partial charge in [0.15, 0.2) is 0 Å². The van der Waals surface area contributed by atoms with Gasteiger partial charge >= 0.3 is 5.69 Å². The van der Waals surface area contributed by atoms with Crippen LogP contribution in [0.2, 0.25) is 5.02 Å². The van der Waals surface area contributed by atoms with Crippen molar-refractivity contribution in [2.24, 2.45) is 5.92 Å². The van der Waals surface area contributed by atoms with Gasteiger partial charge in [-0.15, -0.1) is 0 Å². The van der Waals surface area contributed by atoms with Crippen LogP contribution >= 0.6 is 11.6 Å². The second-order valence-corrected chi connectivity index (χ2v) is 7.91. The van der Waals surface area contributed by atoms with Gasteiger partial charge in [0.05, 0.1) is 21.6 Å². The van der Waals surface area contributed by atoms with E-state index in [4.69, 9.17) is 11.6 Å². The SMILES string of the molecule is Cc1cccc(Cl)c1NC(=O)Cn1c(=O)n(CCC(C)C)c(=O)c2ccccc21. The number of aromatic nitrogens is 2. The second-order valence-electron chi connectivity index (χ2n) is 7.51. The number of amides is 1. The molecule has 3 rings (SSSR count). The number of halogens is 1. The van der Waals surface area contributed by atoms with Crippen LogP contribution in [0.5, 0.6) is 0 Å². The normalized spacial score (nSPS) is 11.2. The first-order valence-electron chi connectivity index (χ1n) is 9.57. The minimum Gasteiger partial charge on any atom is -0.323 e. The molecule has 0 aliphatic heterocycles. The maximum atomic E-state index is 13.1. The summed E-state index contributed by atoms with van der Waals surface area (Å²) in [6, 6.07) is 12.2. The van der Waals surface area contributed by atoms with Crippen LogP contribution in [0.4, 0.5) is 5.69 Å². The van der Waals surface area contributed by atoms with Crippen molar-refractivity contribution < 1.29 is 4.79 Å². The van der Waals surface area contributed by atoms with Gasteiger partial charge in [-0.05, 0) is 43.0 Å². The van der Waals surface area contributed by atoms with E-state index in [0.717, 1.165) is 5.56 Å². The Balaban J connectivity index is 2.03. The van der Waals surface area contributed by atoms with Crippen LogP contribution in [-0.2, 0) is 17.9 Å². The molecule has 0 aliphatic rings. The summed E-state index contributed by atoms with van der Waals surface area (Å²) in [6.07, 6.45) is 0.693. The number of aryl methyl sites for hydroxylation is 1. The molecule has 1 amide bonds. The number of benzene rings is 2. The van der Waals surface area contributed by atoms with Gasteiger partial charge in [0.2, 0.25) is 5.91 Å². The van der Waals surface area contributed by atoms with Gasteiger partial charge in [-0.25, -0.2) is 4.79 Å². The standard InChI is InChI=1S/C22H24ClN3O3/c1-14(2)11-12-25-21(28)16-8-4-5-10-18(16)26(22(25)29)13-19(27)24-20-15(3)7-6-9-17(20)23/h4-10,14H,11-13H2,1-3H3,(H,24,27).